The number of hydrogen-bond donors (Lipinski definition) is 0. The number of thioether (sulfide) groups is 1. The van der Waals surface area contributed by atoms with E-state index in [0.29, 0.717) is 24.2 Å². The van der Waals surface area contributed by atoms with Gasteiger partial charge in [-0.15, -0.1) is 0 Å². The molecule has 0 aromatic heterocycles. The first-order valence-corrected chi connectivity index (χ1v) is 6.13. The van der Waals surface area contributed by atoms with Gasteiger partial charge in [0, 0.05) is 0 Å². The molecule has 4 nitrogen and oxygen atoms in total. The molecule has 0 heterocycles. The molecule has 1 unspecified atom stereocenters. The Balaban J connectivity index is 3.69. The van der Waals surface area contributed by atoms with Crippen molar-refractivity contribution in [1.29, 1.82) is 0 Å². The van der Waals surface area contributed by atoms with Crippen LogP contribution in [0.1, 0.15) is 13.8 Å². The maximum Gasteiger partial charge on any atom is 0.319 e. The Bertz CT molecular complexity index is 243. The number of rotatable bonds is 7. The molecule has 0 aromatic rings. The summed E-state index contributed by atoms with van der Waals surface area (Å²) in [6.07, 6.45) is 1.33. The van der Waals surface area contributed by atoms with E-state index in [0.717, 1.165) is 11.8 Å². The summed E-state index contributed by atoms with van der Waals surface area (Å²) in [5.41, 5.74) is 0. The molecule has 0 aliphatic carbocycles. The Morgan fingerprint density at radius 3 is 2.75 bits per heavy atom. The molecule has 16 heavy (non-hydrogen) atoms. The van der Waals surface area contributed by atoms with E-state index in [9.17, 15) is 4.79 Å². The number of carbonyl (C=O) groups excluding carboxylic acids is 1. The molecule has 0 bridgehead atoms. The molecule has 0 rings (SSSR count). The fourth-order valence-corrected chi connectivity index (χ4v) is 1.86. The van der Waals surface area contributed by atoms with Gasteiger partial charge in [0.25, 0.3) is 0 Å². The fraction of sp³-hybridized carbons (Fsp3) is 0.600. The summed E-state index contributed by atoms with van der Waals surface area (Å²) in [4.78, 5) is 11.3. The molecule has 92 valence electrons. The highest BCUT2D eigenvalue weighted by atomic mass is 32.2. The standard InChI is InChI=1S/C10H16O4S2/c1-4-12-6-7-14-10(15)16-8(3)9(11)13-5-2/h4,8H,1,5-7H2,2-3H3. The van der Waals surface area contributed by atoms with Gasteiger partial charge in [-0.25, -0.2) is 0 Å². The van der Waals surface area contributed by atoms with E-state index in [1.165, 1.54) is 6.26 Å². The third-order valence-corrected chi connectivity index (χ3v) is 2.69. The minimum atomic E-state index is -0.354. The molecule has 0 aliphatic heterocycles. The first kappa shape index (κ1) is 15.2. The summed E-state index contributed by atoms with van der Waals surface area (Å²) in [7, 11) is 0. The van der Waals surface area contributed by atoms with Crippen molar-refractivity contribution >= 4 is 34.3 Å². The lowest BCUT2D eigenvalue weighted by Crippen LogP contribution is -2.19. The monoisotopic (exact) mass is 264 g/mol. The molecule has 0 amide bonds. The molecule has 0 N–H and O–H groups in total. The van der Waals surface area contributed by atoms with Crippen molar-refractivity contribution in [1.82, 2.24) is 0 Å². The zero-order chi connectivity index (χ0) is 12.4. The minimum absolute atomic E-state index is 0.291. The SMILES string of the molecule is C=COCCOC(=S)SC(C)C(=O)OCC. The molecule has 0 saturated carbocycles. The predicted molar refractivity (Wildman–Crippen MR) is 68.4 cm³/mol. The van der Waals surface area contributed by atoms with Gasteiger partial charge in [-0.3, -0.25) is 4.79 Å². The molecule has 0 aromatic carbocycles. The smallest absolute Gasteiger partial charge is 0.319 e. The maximum atomic E-state index is 11.3. The Kier molecular flexibility index (Phi) is 9.03. The van der Waals surface area contributed by atoms with E-state index in [2.05, 4.69) is 6.58 Å². The summed E-state index contributed by atoms with van der Waals surface area (Å²) in [5.74, 6) is -0.291. The van der Waals surface area contributed by atoms with Crippen LogP contribution in [0, 0.1) is 0 Å². The van der Waals surface area contributed by atoms with Crippen LogP contribution in [0.2, 0.25) is 0 Å². The van der Waals surface area contributed by atoms with Crippen LogP contribution >= 0.6 is 24.0 Å². The average Bonchev–Trinajstić information content (AvgIpc) is 2.24. The third-order valence-electron chi connectivity index (χ3n) is 1.43. The number of hydrogen-bond acceptors (Lipinski definition) is 6. The minimum Gasteiger partial charge on any atom is -0.498 e. The third kappa shape index (κ3) is 7.53. The molecule has 0 aliphatic rings. The molecule has 1 atom stereocenters. The summed E-state index contributed by atoms with van der Waals surface area (Å²) in [6.45, 7) is 7.97. The molecule has 0 radical (unpaired) electrons. The highest BCUT2D eigenvalue weighted by Gasteiger charge is 2.17. The van der Waals surface area contributed by atoms with Crippen LogP contribution in [0.25, 0.3) is 0 Å². The van der Waals surface area contributed by atoms with Crippen LogP contribution in [0.5, 0.6) is 0 Å². The van der Waals surface area contributed by atoms with Gasteiger partial charge in [-0.2, -0.15) is 0 Å². The van der Waals surface area contributed by atoms with Crippen LogP contribution in [-0.2, 0) is 19.0 Å². The van der Waals surface area contributed by atoms with Gasteiger partial charge in [0.15, 0.2) is 0 Å². The average molecular weight is 264 g/mol. The second-order valence-electron chi connectivity index (χ2n) is 2.65. The van der Waals surface area contributed by atoms with Crippen molar-refractivity contribution in [3.63, 3.8) is 0 Å². The van der Waals surface area contributed by atoms with E-state index < -0.39 is 0 Å². The normalized spacial score (nSPS) is 11.4. The van der Waals surface area contributed by atoms with Crippen molar-refractivity contribution < 1.29 is 19.0 Å². The van der Waals surface area contributed by atoms with Crippen LogP contribution in [0.15, 0.2) is 12.8 Å². The van der Waals surface area contributed by atoms with Crippen LogP contribution in [-0.4, -0.2) is 35.4 Å². The van der Waals surface area contributed by atoms with E-state index in [-0.39, 0.29) is 11.2 Å². The predicted octanol–water partition coefficient (Wildman–Crippen LogP) is 2.13. The first-order valence-electron chi connectivity index (χ1n) is 4.84. The maximum absolute atomic E-state index is 11.3. The second-order valence-corrected chi connectivity index (χ2v) is 4.59. The Labute approximate surface area is 105 Å². The summed E-state index contributed by atoms with van der Waals surface area (Å²) in [6, 6.07) is 0. The van der Waals surface area contributed by atoms with Crippen LogP contribution < -0.4 is 0 Å². The van der Waals surface area contributed by atoms with Gasteiger partial charge in [0.1, 0.15) is 18.5 Å². The van der Waals surface area contributed by atoms with E-state index in [4.69, 9.17) is 26.4 Å². The van der Waals surface area contributed by atoms with Gasteiger partial charge in [-0.1, -0.05) is 18.3 Å². The zero-order valence-electron chi connectivity index (χ0n) is 9.43. The molecule has 0 spiro atoms. The summed E-state index contributed by atoms with van der Waals surface area (Å²) in [5, 5.41) is -0.354. The Hall–Kier alpha value is -0.750. The number of ether oxygens (including phenoxy) is 3. The number of carbonyl (C=O) groups is 1. The quantitative estimate of drug-likeness (QED) is 0.304. The van der Waals surface area contributed by atoms with E-state index in [1.54, 1.807) is 13.8 Å². The van der Waals surface area contributed by atoms with Crippen molar-refractivity contribution in [3.05, 3.63) is 12.8 Å². The number of esters is 1. The van der Waals surface area contributed by atoms with Crippen LogP contribution in [0.3, 0.4) is 0 Å². The second kappa shape index (κ2) is 9.47. The lowest BCUT2D eigenvalue weighted by Gasteiger charge is -2.11. The lowest BCUT2D eigenvalue weighted by molar-refractivity contribution is -0.142. The summed E-state index contributed by atoms with van der Waals surface area (Å²) < 4.78 is 15.2. The van der Waals surface area contributed by atoms with Crippen molar-refractivity contribution in [2.75, 3.05) is 19.8 Å². The van der Waals surface area contributed by atoms with Gasteiger partial charge in [-0.05, 0) is 26.1 Å². The van der Waals surface area contributed by atoms with Gasteiger partial charge >= 0.3 is 5.97 Å². The fourth-order valence-electron chi connectivity index (χ4n) is 0.743. The van der Waals surface area contributed by atoms with Crippen molar-refractivity contribution in [2.24, 2.45) is 0 Å². The van der Waals surface area contributed by atoms with Gasteiger partial charge < -0.3 is 14.2 Å². The number of thiocarbonyl (C=S) groups is 1. The van der Waals surface area contributed by atoms with Crippen LogP contribution in [0.4, 0.5) is 0 Å². The first-order chi connectivity index (χ1) is 7.61. The Morgan fingerprint density at radius 1 is 1.50 bits per heavy atom. The van der Waals surface area contributed by atoms with Gasteiger partial charge in [0.2, 0.25) is 4.38 Å². The molecular weight excluding hydrogens is 248 g/mol. The molecule has 0 fully saturated rings. The van der Waals surface area contributed by atoms with Gasteiger partial charge in [0.05, 0.1) is 12.9 Å². The molecule has 0 saturated heterocycles. The largest absolute Gasteiger partial charge is 0.498 e. The molecular formula is C10H16O4S2. The highest BCUT2D eigenvalue weighted by Crippen LogP contribution is 2.15. The molecule has 6 heteroatoms. The topological polar surface area (TPSA) is 44.8 Å². The zero-order valence-corrected chi connectivity index (χ0v) is 11.1. The van der Waals surface area contributed by atoms with Crippen molar-refractivity contribution in [2.45, 2.75) is 19.1 Å². The van der Waals surface area contributed by atoms with Crippen molar-refractivity contribution in [3.8, 4) is 0 Å². The lowest BCUT2D eigenvalue weighted by atomic mass is 10.5. The Morgan fingerprint density at radius 2 is 2.19 bits per heavy atom. The summed E-state index contributed by atoms with van der Waals surface area (Å²) >= 11 is 6.09. The van der Waals surface area contributed by atoms with E-state index in [1.807, 2.05) is 0 Å². The van der Waals surface area contributed by atoms with E-state index >= 15 is 0 Å². The highest BCUT2D eigenvalue weighted by molar-refractivity contribution is 8.23.